The van der Waals surface area contributed by atoms with Crippen LogP contribution in [0.5, 0.6) is 0 Å². The Morgan fingerprint density at radius 2 is 2.19 bits per heavy atom. The molecule has 2 N–H and O–H groups in total. The number of carbonyl (C=O) groups is 2. The minimum Gasteiger partial charge on any atom is -0.347 e. The highest BCUT2D eigenvalue weighted by Crippen LogP contribution is 2.26. The molecule has 0 bridgehead atoms. The van der Waals surface area contributed by atoms with Gasteiger partial charge in [0.05, 0.1) is 12.5 Å². The molecule has 0 aromatic heterocycles. The molecule has 1 saturated heterocycles. The number of benzene rings is 1. The number of anilines is 1. The zero-order valence-electron chi connectivity index (χ0n) is 12.1. The summed E-state index contributed by atoms with van der Waals surface area (Å²) in [6, 6.07) is 8.00. The molecular formula is C16H21N3O2. The number of amides is 2. The van der Waals surface area contributed by atoms with E-state index in [0.29, 0.717) is 6.54 Å². The van der Waals surface area contributed by atoms with Crippen LogP contribution in [0.1, 0.15) is 18.4 Å². The number of nitrogens with zero attached hydrogens (tertiary/aromatic N) is 1. The molecule has 5 nitrogen and oxygen atoms in total. The van der Waals surface area contributed by atoms with Gasteiger partial charge in [0.1, 0.15) is 0 Å². The lowest BCUT2D eigenvalue weighted by atomic mass is 10.0. The van der Waals surface area contributed by atoms with Crippen molar-refractivity contribution in [2.45, 2.75) is 19.3 Å². The Bertz CT molecular complexity index is 538. The van der Waals surface area contributed by atoms with E-state index in [4.69, 9.17) is 0 Å². The summed E-state index contributed by atoms with van der Waals surface area (Å²) in [4.78, 5) is 26.1. The minimum atomic E-state index is -0.0264. The van der Waals surface area contributed by atoms with Gasteiger partial charge in [-0.25, -0.2) is 0 Å². The molecule has 21 heavy (non-hydrogen) atoms. The van der Waals surface area contributed by atoms with Gasteiger partial charge >= 0.3 is 0 Å². The van der Waals surface area contributed by atoms with Gasteiger partial charge in [0, 0.05) is 18.8 Å². The molecule has 0 aliphatic carbocycles. The highest BCUT2D eigenvalue weighted by atomic mass is 16.2. The molecule has 0 saturated carbocycles. The van der Waals surface area contributed by atoms with Crippen LogP contribution in [-0.2, 0) is 16.0 Å². The van der Waals surface area contributed by atoms with Crippen LogP contribution >= 0.6 is 0 Å². The van der Waals surface area contributed by atoms with Gasteiger partial charge in [-0.15, -0.1) is 0 Å². The van der Waals surface area contributed by atoms with Crippen LogP contribution in [0.4, 0.5) is 5.69 Å². The summed E-state index contributed by atoms with van der Waals surface area (Å²) in [5.41, 5.74) is 2.20. The Morgan fingerprint density at radius 3 is 3.00 bits per heavy atom. The van der Waals surface area contributed by atoms with Crippen LogP contribution in [0.3, 0.4) is 0 Å². The Hall–Kier alpha value is -1.88. The first-order chi connectivity index (χ1) is 10.3. The molecule has 1 fully saturated rings. The number of fused-ring (bicyclic) bond motifs is 1. The van der Waals surface area contributed by atoms with Crippen LogP contribution in [0.15, 0.2) is 24.3 Å². The molecular weight excluding hydrogens is 266 g/mol. The first-order valence-corrected chi connectivity index (χ1v) is 7.62. The van der Waals surface area contributed by atoms with Gasteiger partial charge in [-0.3, -0.25) is 9.59 Å². The predicted molar refractivity (Wildman–Crippen MR) is 81.1 cm³/mol. The van der Waals surface area contributed by atoms with Crippen LogP contribution in [-0.4, -0.2) is 38.0 Å². The number of para-hydroxylation sites is 1. The van der Waals surface area contributed by atoms with Crippen molar-refractivity contribution in [2.75, 3.05) is 31.1 Å². The van der Waals surface area contributed by atoms with Gasteiger partial charge in [-0.2, -0.15) is 0 Å². The van der Waals surface area contributed by atoms with E-state index in [1.165, 1.54) is 5.56 Å². The van der Waals surface area contributed by atoms with E-state index in [1.807, 2.05) is 18.2 Å². The molecule has 3 rings (SSSR count). The molecule has 112 valence electrons. The number of aryl methyl sites for hydroxylation is 1. The maximum Gasteiger partial charge on any atom is 0.246 e. The molecule has 2 amide bonds. The quantitative estimate of drug-likeness (QED) is 0.860. The van der Waals surface area contributed by atoms with Crippen molar-refractivity contribution in [2.24, 2.45) is 5.92 Å². The molecule has 2 aliphatic heterocycles. The van der Waals surface area contributed by atoms with E-state index >= 15 is 0 Å². The largest absolute Gasteiger partial charge is 0.347 e. The first-order valence-electron chi connectivity index (χ1n) is 7.62. The van der Waals surface area contributed by atoms with Gasteiger partial charge in [0.15, 0.2) is 0 Å². The monoisotopic (exact) mass is 287 g/mol. The highest BCUT2D eigenvalue weighted by Gasteiger charge is 2.25. The Balaban J connectivity index is 1.60. The van der Waals surface area contributed by atoms with Crippen molar-refractivity contribution in [3.8, 4) is 0 Å². The fourth-order valence-corrected chi connectivity index (χ4v) is 3.07. The van der Waals surface area contributed by atoms with Crippen molar-refractivity contribution < 1.29 is 9.59 Å². The fraction of sp³-hybridized carbons (Fsp3) is 0.500. The van der Waals surface area contributed by atoms with Crippen molar-refractivity contribution in [1.82, 2.24) is 10.6 Å². The van der Waals surface area contributed by atoms with Gasteiger partial charge in [-0.05, 0) is 37.4 Å². The summed E-state index contributed by atoms with van der Waals surface area (Å²) in [5, 5.41) is 5.94. The second-order valence-corrected chi connectivity index (χ2v) is 5.69. The fourth-order valence-electron chi connectivity index (χ4n) is 3.07. The average Bonchev–Trinajstić information content (AvgIpc) is 3.06. The van der Waals surface area contributed by atoms with Gasteiger partial charge < -0.3 is 15.5 Å². The molecule has 1 aromatic rings. The Morgan fingerprint density at radius 1 is 1.33 bits per heavy atom. The Labute approximate surface area is 124 Å². The standard InChI is InChI=1S/C16H21N3O2/c20-15(11-18-16(21)13-7-8-17-10-13)19-9-3-5-12-4-1-2-6-14(12)19/h1-2,4,6,13,17H,3,5,7-11H2,(H,18,21). The van der Waals surface area contributed by atoms with Crippen molar-refractivity contribution in [3.05, 3.63) is 29.8 Å². The zero-order chi connectivity index (χ0) is 14.7. The average molecular weight is 287 g/mol. The zero-order valence-corrected chi connectivity index (χ0v) is 12.1. The third-order valence-corrected chi connectivity index (χ3v) is 4.26. The van der Waals surface area contributed by atoms with Gasteiger partial charge in [0.2, 0.25) is 11.8 Å². The molecule has 5 heteroatoms. The Kier molecular flexibility index (Phi) is 4.20. The molecule has 1 aromatic carbocycles. The van der Waals surface area contributed by atoms with E-state index in [-0.39, 0.29) is 24.3 Å². The van der Waals surface area contributed by atoms with Gasteiger partial charge in [-0.1, -0.05) is 18.2 Å². The molecule has 1 unspecified atom stereocenters. The predicted octanol–water partition coefficient (Wildman–Crippen LogP) is 0.691. The summed E-state index contributed by atoms with van der Waals surface area (Å²) in [7, 11) is 0. The summed E-state index contributed by atoms with van der Waals surface area (Å²) in [6.45, 7) is 2.42. The van der Waals surface area contributed by atoms with E-state index < -0.39 is 0 Å². The maximum atomic E-state index is 12.4. The van der Waals surface area contributed by atoms with Crippen molar-refractivity contribution >= 4 is 17.5 Å². The molecule has 1 atom stereocenters. The second-order valence-electron chi connectivity index (χ2n) is 5.69. The van der Waals surface area contributed by atoms with Crippen LogP contribution in [0, 0.1) is 5.92 Å². The molecule has 2 aliphatic rings. The van der Waals surface area contributed by atoms with E-state index in [9.17, 15) is 9.59 Å². The minimum absolute atomic E-state index is 0.00596. The topological polar surface area (TPSA) is 61.4 Å². The SMILES string of the molecule is O=C(NCC(=O)N1CCCc2ccccc21)C1CCNC1. The summed E-state index contributed by atoms with van der Waals surface area (Å²) < 4.78 is 0. The lowest BCUT2D eigenvalue weighted by molar-refractivity contribution is -0.127. The normalized spacial score (nSPS) is 21.0. The van der Waals surface area contributed by atoms with Crippen molar-refractivity contribution in [3.63, 3.8) is 0 Å². The number of carbonyl (C=O) groups excluding carboxylic acids is 2. The summed E-state index contributed by atoms with van der Waals surface area (Å²) in [5.74, 6) is -0.0356. The van der Waals surface area contributed by atoms with E-state index in [2.05, 4.69) is 16.7 Å². The van der Waals surface area contributed by atoms with E-state index in [1.54, 1.807) is 4.90 Å². The maximum absolute atomic E-state index is 12.4. The summed E-state index contributed by atoms with van der Waals surface area (Å²) in [6.07, 6.45) is 2.84. The first kappa shape index (κ1) is 14.1. The summed E-state index contributed by atoms with van der Waals surface area (Å²) >= 11 is 0. The molecule has 0 radical (unpaired) electrons. The smallest absolute Gasteiger partial charge is 0.246 e. The number of hydrogen-bond donors (Lipinski definition) is 2. The lowest BCUT2D eigenvalue weighted by Gasteiger charge is -2.29. The second kappa shape index (κ2) is 6.26. The number of nitrogens with one attached hydrogen (secondary N) is 2. The highest BCUT2D eigenvalue weighted by molar-refractivity contribution is 5.97. The third-order valence-electron chi connectivity index (χ3n) is 4.26. The van der Waals surface area contributed by atoms with E-state index in [0.717, 1.165) is 38.0 Å². The van der Waals surface area contributed by atoms with Crippen LogP contribution in [0.2, 0.25) is 0 Å². The number of hydrogen-bond acceptors (Lipinski definition) is 3. The molecule has 2 heterocycles. The van der Waals surface area contributed by atoms with Gasteiger partial charge in [0.25, 0.3) is 0 Å². The van der Waals surface area contributed by atoms with Crippen molar-refractivity contribution in [1.29, 1.82) is 0 Å². The number of rotatable bonds is 3. The third kappa shape index (κ3) is 3.08. The van der Waals surface area contributed by atoms with Crippen LogP contribution in [0.25, 0.3) is 0 Å². The lowest BCUT2D eigenvalue weighted by Crippen LogP contribution is -2.44. The molecule has 0 spiro atoms. The van der Waals surface area contributed by atoms with Crippen LogP contribution < -0.4 is 15.5 Å².